The molecule has 8 heteroatoms. The first-order valence-electron chi connectivity index (χ1n) is 7.33. The van der Waals surface area contributed by atoms with E-state index in [-0.39, 0.29) is 5.91 Å². The Bertz CT molecular complexity index is 872. The molecule has 3 aromatic rings. The van der Waals surface area contributed by atoms with Gasteiger partial charge in [0, 0.05) is 36.4 Å². The van der Waals surface area contributed by atoms with Crippen LogP contribution in [0, 0.1) is 0 Å². The Labute approximate surface area is 154 Å². The molecule has 0 saturated carbocycles. The van der Waals surface area contributed by atoms with Gasteiger partial charge in [0.2, 0.25) is 5.95 Å². The summed E-state index contributed by atoms with van der Waals surface area (Å²) in [5, 5.41) is 6.63. The molecule has 1 amide bonds. The number of hydrogen-bond donors (Lipinski definition) is 2. The fraction of sp³-hybridized carbons (Fsp3) is 0.0588. The highest BCUT2D eigenvalue weighted by molar-refractivity contribution is 6.35. The average molecular weight is 374 g/mol. The standard InChI is InChI=1S/C17H13Cl2N5O/c18-13-1-2-14(19)15(7-13)24-16(25)12-9-22-17(23-10-12)21-8-11-3-5-20-6-4-11/h1-7,9-10H,8H2,(H,24,25)(H,21,22,23). The molecule has 0 aliphatic rings. The highest BCUT2D eigenvalue weighted by Crippen LogP contribution is 2.25. The first-order valence-corrected chi connectivity index (χ1v) is 8.08. The molecule has 0 fully saturated rings. The van der Waals surface area contributed by atoms with Gasteiger partial charge in [0.1, 0.15) is 0 Å². The van der Waals surface area contributed by atoms with E-state index in [4.69, 9.17) is 23.2 Å². The van der Waals surface area contributed by atoms with Crippen LogP contribution in [0.1, 0.15) is 15.9 Å². The number of rotatable bonds is 5. The number of carbonyl (C=O) groups is 1. The zero-order chi connectivity index (χ0) is 17.6. The van der Waals surface area contributed by atoms with E-state index in [0.29, 0.717) is 33.8 Å². The lowest BCUT2D eigenvalue weighted by molar-refractivity contribution is 0.102. The van der Waals surface area contributed by atoms with Gasteiger partial charge in [-0.05, 0) is 35.9 Å². The summed E-state index contributed by atoms with van der Waals surface area (Å²) >= 11 is 11.9. The highest BCUT2D eigenvalue weighted by Gasteiger charge is 2.10. The molecule has 3 rings (SSSR count). The van der Waals surface area contributed by atoms with Crippen molar-refractivity contribution in [3.8, 4) is 0 Å². The molecular formula is C17H13Cl2N5O. The van der Waals surface area contributed by atoms with E-state index < -0.39 is 0 Å². The van der Waals surface area contributed by atoms with Gasteiger partial charge in [0.15, 0.2) is 0 Å². The van der Waals surface area contributed by atoms with E-state index in [1.807, 2.05) is 12.1 Å². The van der Waals surface area contributed by atoms with Crippen LogP contribution in [-0.2, 0) is 6.54 Å². The van der Waals surface area contributed by atoms with Gasteiger partial charge in [-0.15, -0.1) is 0 Å². The monoisotopic (exact) mass is 373 g/mol. The third-order valence-corrected chi connectivity index (χ3v) is 3.86. The number of nitrogens with zero attached hydrogens (tertiary/aromatic N) is 3. The molecule has 0 bridgehead atoms. The van der Waals surface area contributed by atoms with Gasteiger partial charge in [0.05, 0.1) is 16.3 Å². The molecule has 2 aromatic heterocycles. The number of hydrogen-bond acceptors (Lipinski definition) is 5. The molecule has 0 atom stereocenters. The van der Waals surface area contributed by atoms with Crippen molar-refractivity contribution in [2.45, 2.75) is 6.54 Å². The number of anilines is 2. The molecule has 0 unspecified atom stereocenters. The van der Waals surface area contributed by atoms with Crippen LogP contribution in [0.25, 0.3) is 0 Å². The smallest absolute Gasteiger partial charge is 0.258 e. The fourth-order valence-corrected chi connectivity index (χ4v) is 2.34. The second kappa shape index (κ2) is 7.92. The molecule has 0 aliphatic carbocycles. The first kappa shape index (κ1) is 17.1. The molecule has 6 nitrogen and oxygen atoms in total. The van der Waals surface area contributed by atoms with E-state index in [2.05, 4.69) is 25.6 Å². The van der Waals surface area contributed by atoms with Crippen molar-refractivity contribution >= 4 is 40.7 Å². The van der Waals surface area contributed by atoms with Crippen molar-refractivity contribution in [2.75, 3.05) is 10.6 Å². The summed E-state index contributed by atoms with van der Waals surface area (Å²) in [6.07, 6.45) is 6.31. The zero-order valence-electron chi connectivity index (χ0n) is 12.9. The van der Waals surface area contributed by atoms with Gasteiger partial charge in [-0.1, -0.05) is 23.2 Å². The van der Waals surface area contributed by atoms with E-state index in [1.165, 1.54) is 12.4 Å². The maximum atomic E-state index is 12.2. The lowest BCUT2D eigenvalue weighted by atomic mass is 10.2. The Hall–Kier alpha value is -2.70. The predicted molar refractivity (Wildman–Crippen MR) is 98.0 cm³/mol. The molecule has 0 spiro atoms. The van der Waals surface area contributed by atoms with Gasteiger partial charge < -0.3 is 10.6 Å². The Morgan fingerprint density at radius 1 is 1.04 bits per heavy atom. The van der Waals surface area contributed by atoms with Gasteiger partial charge >= 0.3 is 0 Å². The topological polar surface area (TPSA) is 79.8 Å². The van der Waals surface area contributed by atoms with Crippen molar-refractivity contribution in [3.63, 3.8) is 0 Å². The number of carbonyl (C=O) groups excluding carboxylic acids is 1. The maximum Gasteiger partial charge on any atom is 0.258 e. The van der Waals surface area contributed by atoms with Crippen LogP contribution in [0.15, 0.2) is 55.1 Å². The SMILES string of the molecule is O=C(Nc1cc(Cl)ccc1Cl)c1cnc(NCc2ccncc2)nc1. The van der Waals surface area contributed by atoms with Crippen molar-refractivity contribution in [2.24, 2.45) is 0 Å². The summed E-state index contributed by atoms with van der Waals surface area (Å²) in [6, 6.07) is 8.62. The Morgan fingerprint density at radius 2 is 1.76 bits per heavy atom. The van der Waals surface area contributed by atoms with Gasteiger partial charge in [-0.25, -0.2) is 9.97 Å². The molecule has 1 aromatic carbocycles. The number of aromatic nitrogens is 3. The Kier molecular flexibility index (Phi) is 5.42. The molecule has 0 saturated heterocycles. The number of nitrogens with one attached hydrogen (secondary N) is 2. The molecular weight excluding hydrogens is 361 g/mol. The van der Waals surface area contributed by atoms with E-state index in [9.17, 15) is 4.79 Å². The summed E-state index contributed by atoms with van der Waals surface area (Å²) in [5.41, 5.74) is 1.79. The average Bonchev–Trinajstić information content (AvgIpc) is 2.64. The third-order valence-electron chi connectivity index (χ3n) is 3.29. The number of benzene rings is 1. The minimum absolute atomic E-state index is 0.311. The highest BCUT2D eigenvalue weighted by atomic mass is 35.5. The fourth-order valence-electron chi connectivity index (χ4n) is 2.01. The predicted octanol–water partition coefficient (Wildman–Crippen LogP) is 4.04. The lowest BCUT2D eigenvalue weighted by Crippen LogP contribution is -2.13. The first-order chi connectivity index (χ1) is 12.1. The van der Waals surface area contributed by atoms with Gasteiger partial charge in [0.25, 0.3) is 5.91 Å². The van der Waals surface area contributed by atoms with Crippen LogP contribution < -0.4 is 10.6 Å². The van der Waals surface area contributed by atoms with Crippen molar-refractivity contribution in [1.29, 1.82) is 0 Å². The number of amides is 1. The van der Waals surface area contributed by atoms with E-state index in [0.717, 1.165) is 5.56 Å². The minimum atomic E-state index is -0.371. The second-order valence-electron chi connectivity index (χ2n) is 5.08. The van der Waals surface area contributed by atoms with Crippen LogP contribution >= 0.6 is 23.2 Å². The lowest BCUT2D eigenvalue weighted by Gasteiger charge is -2.08. The quantitative estimate of drug-likeness (QED) is 0.705. The Morgan fingerprint density at radius 3 is 2.48 bits per heavy atom. The molecule has 0 radical (unpaired) electrons. The van der Waals surface area contributed by atoms with Crippen LogP contribution in [0.3, 0.4) is 0 Å². The normalized spacial score (nSPS) is 10.3. The van der Waals surface area contributed by atoms with Gasteiger partial charge in [-0.2, -0.15) is 0 Å². The number of pyridine rings is 1. The largest absolute Gasteiger partial charge is 0.350 e. The Balaban J connectivity index is 1.63. The molecule has 126 valence electrons. The molecule has 25 heavy (non-hydrogen) atoms. The molecule has 2 N–H and O–H groups in total. The summed E-state index contributed by atoms with van der Waals surface area (Å²) in [6.45, 7) is 0.562. The minimum Gasteiger partial charge on any atom is -0.350 e. The summed E-state index contributed by atoms with van der Waals surface area (Å²) in [4.78, 5) is 24.5. The van der Waals surface area contributed by atoms with Crippen LogP contribution in [0.4, 0.5) is 11.6 Å². The van der Waals surface area contributed by atoms with Crippen molar-refractivity contribution in [3.05, 3.63) is 76.3 Å². The summed E-state index contributed by atoms with van der Waals surface area (Å²) in [7, 11) is 0. The summed E-state index contributed by atoms with van der Waals surface area (Å²) in [5.74, 6) is 0.0546. The second-order valence-corrected chi connectivity index (χ2v) is 5.93. The van der Waals surface area contributed by atoms with Crippen LogP contribution in [-0.4, -0.2) is 20.9 Å². The van der Waals surface area contributed by atoms with Gasteiger partial charge in [-0.3, -0.25) is 9.78 Å². The van der Waals surface area contributed by atoms with Crippen LogP contribution in [0.2, 0.25) is 10.0 Å². The maximum absolute atomic E-state index is 12.2. The van der Waals surface area contributed by atoms with E-state index >= 15 is 0 Å². The van der Waals surface area contributed by atoms with Crippen LogP contribution in [0.5, 0.6) is 0 Å². The van der Waals surface area contributed by atoms with Crippen molar-refractivity contribution in [1.82, 2.24) is 15.0 Å². The van der Waals surface area contributed by atoms with Crippen molar-refractivity contribution < 1.29 is 4.79 Å². The molecule has 2 heterocycles. The zero-order valence-corrected chi connectivity index (χ0v) is 14.4. The van der Waals surface area contributed by atoms with E-state index in [1.54, 1.807) is 30.6 Å². The summed E-state index contributed by atoms with van der Waals surface area (Å²) < 4.78 is 0. The number of halogens is 2. The molecule has 0 aliphatic heterocycles. The third kappa shape index (κ3) is 4.65.